The van der Waals surface area contributed by atoms with Crippen molar-refractivity contribution in [1.82, 2.24) is 4.98 Å². The number of anilines is 1. The zero-order chi connectivity index (χ0) is 28.4. The summed E-state index contributed by atoms with van der Waals surface area (Å²) in [5.41, 5.74) is 1.64. The van der Waals surface area contributed by atoms with Gasteiger partial charge in [-0.05, 0) is 79.4 Å². The van der Waals surface area contributed by atoms with Crippen LogP contribution in [0.25, 0.3) is 16.0 Å². The molecule has 1 fully saturated rings. The number of benzene rings is 3. The number of aliphatic hydroxyl groups excluding tert-OH is 1. The van der Waals surface area contributed by atoms with Gasteiger partial charge in [-0.3, -0.25) is 14.5 Å². The molecule has 0 aliphatic carbocycles. The van der Waals surface area contributed by atoms with Crippen LogP contribution >= 0.6 is 22.9 Å². The van der Waals surface area contributed by atoms with Crippen LogP contribution in [-0.4, -0.2) is 35.0 Å². The number of ketones is 1. The van der Waals surface area contributed by atoms with Gasteiger partial charge in [0.05, 0.1) is 35.0 Å². The lowest BCUT2D eigenvalue weighted by Gasteiger charge is -2.23. The van der Waals surface area contributed by atoms with E-state index in [1.54, 1.807) is 48.5 Å². The molecule has 1 atom stereocenters. The molecule has 206 valence electrons. The Bertz CT molecular complexity index is 1600. The lowest BCUT2D eigenvalue weighted by molar-refractivity contribution is -0.132. The highest BCUT2D eigenvalue weighted by atomic mass is 35.5. The van der Waals surface area contributed by atoms with E-state index in [0.29, 0.717) is 57.4 Å². The van der Waals surface area contributed by atoms with Gasteiger partial charge in [0, 0.05) is 10.6 Å². The summed E-state index contributed by atoms with van der Waals surface area (Å²) >= 11 is 7.44. The van der Waals surface area contributed by atoms with E-state index < -0.39 is 17.7 Å². The fraction of sp³-hybridized carbons (Fsp3) is 0.258. The summed E-state index contributed by atoms with van der Waals surface area (Å²) in [6, 6.07) is 18.4. The number of carbonyl (C=O) groups is 2. The van der Waals surface area contributed by atoms with Gasteiger partial charge in [0.2, 0.25) is 0 Å². The molecule has 1 amide bonds. The van der Waals surface area contributed by atoms with Crippen molar-refractivity contribution in [2.24, 2.45) is 5.92 Å². The number of carbonyl (C=O) groups excluding carboxylic acids is 2. The van der Waals surface area contributed by atoms with Crippen LogP contribution in [0.5, 0.6) is 11.5 Å². The van der Waals surface area contributed by atoms with Gasteiger partial charge in [-0.15, -0.1) is 0 Å². The third-order valence-corrected chi connectivity index (χ3v) is 7.82. The van der Waals surface area contributed by atoms with Crippen LogP contribution in [0.3, 0.4) is 0 Å². The Balaban J connectivity index is 1.63. The predicted octanol–water partition coefficient (Wildman–Crippen LogP) is 7.40. The average Bonchev–Trinajstić information content (AvgIpc) is 3.46. The van der Waals surface area contributed by atoms with Crippen molar-refractivity contribution in [2.45, 2.75) is 33.2 Å². The van der Waals surface area contributed by atoms with Gasteiger partial charge in [-0.1, -0.05) is 48.9 Å². The second-order valence-corrected chi connectivity index (χ2v) is 11.3. The summed E-state index contributed by atoms with van der Waals surface area (Å²) in [7, 11) is 0. The van der Waals surface area contributed by atoms with Crippen molar-refractivity contribution < 1.29 is 24.2 Å². The van der Waals surface area contributed by atoms with Gasteiger partial charge in [-0.25, -0.2) is 4.98 Å². The van der Waals surface area contributed by atoms with Gasteiger partial charge in [-0.2, -0.15) is 0 Å². The summed E-state index contributed by atoms with van der Waals surface area (Å²) in [5.74, 6) is -0.106. The zero-order valence-corrected chi connectivity index (χ0v) is 24.0. The zero-order valence-electron chi connectivity index (χ0n) is 22.4. The Morgan fingerprint density at radius 1 is 1.05 bits per heavy atom. The largest absolute Gasteiger partial charge is 0.507 e. The molecule has 4 aromatic rings. The monoisotopic (exact) mass is 576 g/mol. The molecule has 1 unspecified atom stereocenters. The molecule has 1 aliphatic heterocycles. The molecule has 7 nitrogen and oxygen atoms in total. The predicted molar refractivity (Wildman–Crippen MR) is 158 cm³/mol. The van der Waals surface area contributed by atoms with Crippen molar-refractivity contribution in [2.75, 3.05) is 18.1 Å². The average molecular weight is 577 g/mol. The molecule has 1 aliphatic rings. The summed E-state index contributed by atoms with van der Waals surface area (Å²) in [6.07, 6.45) is 0.884. The lowest BCUT2D eigenvalue weighted by atomic mass is 9.95. The van der Waals surface area contributed by atoms with E-state index in [2.05, 4.69) is 18.8 Å². The van der Waals surface area contributed by atoms with E-state index in [4.69, 9.17) is 21.1 Å². The van der Waals surface area contributed by atoms with Crippen molar-refractivity contribution >= 4 is 55.7 Å². The van der Waals surface area contributed by atoms with Crippen LogP contribution in [0.1, 0.15) is 44.4 Å². The number of hydrogen-bond acceptors (Lipinski definition) is 7. The molecule has 1 saturated heterocycles. The maximum absolute atomic E-state index is 13.6. The first kappa shape index (κ1) is 27.7. The van der Waals surface area contributed by atoms with Crippen LogP contribution in [0.4, 0.5) is 5.13 Å². The van der Waals surface area contributed by atoms with Crippen molar-refractivity contribution in [3.63, 3.8) is 0 Å². The SMILES string of the molecule is CCOc1ccc(/C(O)=C2\C(=O)C(=O)N(c3nc4ccc(Cl)cc4s3)C2c2cccc(OCCC(C)C)c2)cc1. The van der Waals surface area contributed by atoms with E-state index in [9.17, 15) is 14.7 Å². The lowest BCUT2D eigenvalue weighted by Crippen LogP contribution is -2.29. The maximum Gasteiger partial charge on any atom is 0.301 e. The molecular formula is C31H29ClN2O5S. The first-order valence-electron chi connectivity index (χ1n) is 13.1. The van der Waals surface area contributed by atoms with Crippen LogP contribution in [0.2, 0.25) is 5.02 Å². The molecule has 1 aromatic heterocycles. The number of Topliss-reactive ketones (excluding diaryl/α,β-unsaturated/α-hetero) is 1. The highest BCUT2D eigenvalue weighted by molar-refractivity contribution is 7.22. The van der Waals surface area contributed by atoms with Crippen LogP contribution in [-0.2, 0) is 9.59 Å². The smallest absolute Gasteiger partial charge is 0.301 e. The summed E-state index contributed by atoms with van der Waals surface area (Å²) < 4.78 is 12.3. The molecule has 40 heavy (non-hydrogen) atoms. The van der Waals surface area contributed by atoms with Gasteiger partial charge >= 0.3 is 5.91 Å². The molecule has 3 aromatic carbocycles. The topological polar surface area (TPSA) is 89.0 Å². The molecule has 9 heteroatoms. The van der Waals surface area contributed by atoms with Gasteiger partial charge in [0.1, 0.15) is 17.3 Å². The number of amides is 1. The van der Waals surface area contributed by atoms with E-state index in [1.165, 1.54) is 16.2 Å². The molecule has 0 bridgehead atoms. The fourth-order valence-corrected chi connectivity index (χ4v) is 5.82. The fourth-order valence-electron chi connectivity index (χ4n) is 4.55. The first-order chi connectivity index (χ1) is 19.3. The quantitative estimate of drug-likeness (QED) is 0.127. The Morgan fingerprint density at radius 2 is 1.82 bits per heavy atom. The molecule has 2 heterocycles. The van der Waals surface area contributed by atoms with Gasteiger partial charge < -0.3 is 14.6 Å². The number of thiazole rings is 1. The number of halogens is 1. The maximum atomic E-state index is 13.6. The van der Waals surface area contributed by atoms with Crippen LogP contribution in [0.15, 0.2) is 72.3 Å². The standard InChI is InChI=1S/C31H29ClN2O5S/c1-4-38-22-11-8-19(9-12-22)28(35)26-27(20-6-5-7-23(16-20)39-15-14-18(2)3)34(30(37)29(26)36)31-33-24-13-10-21(32)17-25(24)40-31/h5-13,16-18,27,35H,4,14-15H2,1-3H3/b28-26+. The first-order valence-corrected chi connectivity index (χ1v) is 14.3. The van der Waals surface area contributed by atoms with Crippen molar-refractivity contribution in [1.29, 1.82) is 0 Å². The number of hydrogen-bond donors (Lipinski definition) is 1. The van der Waals surface area contributed by atoms with E-state index in [1.807, 2.05) is 25.1 Å². The normalized spacial score (nSPS) is 16.7. The second-order valence-electron chi connectivity index (χ2n) is 9.84. The highest BCUT2D eigenvalue weighted by Gasteiger charge is 2.48. The van der Waals surface area contributed by atoms with E-state index in [0.717, 1.165) is 11.1 Å². The van der Waals surface area contributed by atoms with Crippen LogP contribution < -0.4 is 14.4 Å². The third-order valence-electron chi connectivity index (χ3n) is 6.57. The molecule has 5 rings (SSSR count). The minimum absolute atomic E-state index is 0.0224. The van der Waals surface area contributed by atoms with E-state index in [-0.39, 0.29) is 11.3 Å². The number of rotatable bonds is 9. The van der Waals surface area contributed by atoms with Gasteiger partial charge in [0.15, 0.2) is 5.13 Å². The Kier molecular flexibility index (Phi) is 8.09. The Morgan fingerprint density at radius 3 is 2.55 bits per heavy atom. The molecule has 0 spiro atoms. The minimum Gasteiger partial charge on any atom is -0.507 e. The van der Waals surface area contributed by atoms with E-state index >= 15 is 0 Å². The molecule has 1 N–H and O–H groups in total. The number of aliphatic hydroxyl groups is 1. The summed E-state index contributed by atoms with van der Waals surface area (Å²) in [5, 5.41) is 12.3. The Hall–Kier alpha value is -3.88. The number of fused-ring (bicyclic) bond motifs is 1. The molecule has 0 radical (unpaired) electrons. The highest BCUT2D eigenvalue weighted by Crippen LogP contribution is 2.45. The molecular weight excluding hydrogens is 548 g/mol. The number of nitrogens with zero attached hydrogens (tertiary/aromatic N) is 2. The van der Waals surface area contributed by atoms with Crippen LogP contribution in [0, 0.1) is 5.92 Å². The third kappa shape index (κ3) is 5.55. The van der Waals surface area contributed by atoms with Crippen molar-refractivity contribution in [3.8, 4) is 11.5 Å². The summed E-state index contributed by atoms with van der Waals surface area (Å²) in [4.78, 5) is 33.1. The number of aromatic nitrogens is 1. The second kappa shape index (κ2) is 11.7. The van der Waals surface area contributed by atoms with Crippen molar-refractivity contribution in [3.05, 3.63) is 88.5 Å². The van der Waals surface area contributed by atoms with Gasteiger partial charge in [0.25, 0.3) is 5.78 Å². The number of ether oxygens (including phenoxy) is 2. The Labute approximate surface area is 241 Å². The molecule has 0 saturated carbocycles. The minimum atomic E-state index is -0.920. The summed E-state index contributed by atoms with van der Waals surface area (Å²) in [6.45, 7) is 7.16.